The number of aliphatic hydroxyl groups is 2. The van der Waals surface area contributed by atoms with Crippen molar-refractivity contribution in [1.82, 2.24) is 0 Å². The molecule has 72 valence electrons. The normalized spacial score (nSPS) is 15.6. The van der Waals surface area contributed by atoms with Crippen molar-refractivity contribution in [3.05, 3.63) is 0 Å². The van der Waals surface area contributed by atoms with Crippen LogP contribution in [-0.2, 0) is 9.53 Å². The van der Waals surface area contributed by atoms with E-state index < -0.39 is 11.5 Å². The summed E-state index contributed by atoms with van der Waals surface area (Å²) in [6, 6.07) is 0. The second-order valence-corrected chi connectivity index (χ2v) is 2.64. The molecule has 0 bridgehead atoms. The van der Waals surface area contributed by atoms with Gasteiger partial charge < -0.3 is 20.7 Å². The minimum absolute atomic E-state index is 0.0411. The molecule has 0 aliphatic heterocycles. The van der Waals surface area contributed by atoms with Gasteiger partial charge in [-0.25, -0.2) is 0 Å². The molecule has 0 heterocycles. The van der Waals surface area contributed by atoms with E-state index in [1.165, 1.54) is 6.92 Å². The number of hydrogen-bond acceptors (Lipinski definition) is 4. The van der Waals surface area contributed by atoms with Crippen LogP contribution in [0.2, 0.25) is 0 Å². The third kappa shape index (κ3) is 3.17. The monoisotopic (exact) mass is 177 g/mol. The molecule has 0 saturated heterocycles. The van der Waals surface area contributed by atoms with Gasteiger partial charge in [0.15, 0.2) is 0 Å². The summed E-state index contributed by atoms with van der Waals surface area (Å²) in [6.07, 6.45) is 0.141. The fourth-order valence-electron chi connectivity index (χ4n) is 0.751. The number of rotatable bonds is 6. The van der Waals surface area contributed by atoms with Crippen LogP contribution in [0.25, 0.3) is 0 Å². The number of carbonyl (C=O) groups excluding carboxylic acids is 1. The van der Waals surface area contributed by atoms with Gasteiger partial charge in [-0.1, -0.05) is 0 Å². The molecule has 1 unspecified atom stereocenters. The molecule has 0 saturated carbocycles. The van der Waals surface area contributed by atoms with Crippen LogP contribution >= 0.6 is 0 Å². The summed E-state index contributed by atoms with van der Waals surface area (Å²) >= 11 is 0. The van der Waals surface area contributed by atoms with Crippen molar-refractivity contribution in [2.75, 3.05) is 19.8 Å². The summed E-state index contributed by atoms with van der Waals surface area (Å²) in [4.78, 5) is 10.8. The Morgan fingerprint density at radius 3 is 2.42 bits per heavy atom. The minimum atomic E-state index is -1.17. The van der Waals surface area contributed by atoms with Crippen molar-refractivity contribution < 1.29 is 19.7 Å². The number of nitrogens with two attached hydrogens (primary N) is 1. The summed E-state index contributed by atoms with van der Waals surface area (Å²) in [7, 11) is 0. The Hall–Kier alpha value is -0.650. The van der Waals surface area contributed by atoms with Crippen molar-refractivity contribution in [3.63, 3.8) is 0 Å². The molecular formula is C7H15NO4. The Kier molecular flexibility index (Phi) is 4.80. The molecule has 5 nitrogen and oxygen atoms in total. The van der Waals surface area contributed by atoms with Crippen molar-refractivity contribution >= 4 is 5.91 Å². The molecule has 0 spiro atoms. The van der Waals surface area contributed by atoms with E-state index >= 15 is 0 Å². The Labute approximate surface area is 71.1 Å². The molecular weight excluding hydrogens is 162 g/mol. The summed E-state index contributed by atoms with van der Waals surface area (Å²) < 4.78 is 5.00. The molecule has 0 aromatic heterocycles. The van der Waals surface area contributed by atoms with Gasteiger partial charge in [-0.2, -0.15) is 0 Å². The van der Waals surface area contributed by atoms with Crippen LogP contribution in [0.15, 0.2) is 0 Å². The predicted octanol–water partition coefficient (Wildman–Crippen LogP) is -1.38. The van der Waals surface area contributed by atoms with Gasteiger partial charge in [-0.15, -0.1) is 0 Å². The zero-order valence-corrected chi connectivity index (χ0v) is 7.12. The first-order valence-corrected chi connectivity index (χ1v) is 3.72. The molecule has 0 radical (unpaired) electrons. The summed E-state index contributed by atoms with van der Waals surface area (Å²) in [5, 5.41) is 17.0. The third-order valence-electron chi connectivity index (χ3n) is 1.62. The molecule has 0 aliphatic rings. The quantitative estimate of drug-likeness (QED) is 0.466. The number of hydrogen-bond donors (Lipinski definition) is 3. The largest absolute Gasteiger partial charge is 0.396 e. The Morgan fingerprint density at radius 1 is 1.50 bits per heavy atom. The van der Waals surface area contributed by atoms with Crippen molar-refractivity contribution in [3.8, 4) is 0 Å². The lowest BCUT2D eigenvalue weighted by Crippen LogP contribution is -2.44. The maximum absolute atomic E-state index is 10.8. The fourth-order valence-corrected chi connectivity index (χ4v) is 0.751. The Morgan fingerprint density at radius 2 is 2.08 bits per heavy atom. The minimum Gasteiger partial charge on any atom is -0.396 e. The standard InChI is InChI=1S/C7H15NO4/c1-7(2-3-9,6(8)11)12-5-4-10/h9-10H,2-5H2,1H3,(H2,8,11). The van der Waals surface area contributed by atoms with Crippen LogP contribution < -0.4 is 5.73 Å². The van der Waals surface area contributed by atoms with E-state index in [1.54, 1.807) is 0 Å². The van der Waals surface area contributed by atoms with Gasteiger partial charge in [0.05, 0.1) is 13.2 Å². The van der Waals surface area contributed by atoms with Crippen LogP contribution in [0.1, 0.15) is 13.3 Å². The van der Waals surface area contributed by atoms with E-state index in [1.807, 2.05) is 0 Å². The molecule has 0 aliphatic carbocycles. The number of carbonyl (C=O) groups is 1. The van der Waals surface area contributed by atoms with Crippen LogP contribution in [0.4, 0.5) is 0 Å². The average molecular weight is 177 g/mol. The van der Waals surface area contributed by atoms with E-state index in [0.29, 0.717) is 0 Å². The molecule has 1 amide bonds. The number of aliphatic hydroxyl groups excluding tert-OH is 2. The number of primary amides is 1. The maximum atomic E-state index is 10.8. The highest BCUT2D eigenvalue weighted by Crippen LogP contribution is 2.13. The van der Waals surface area contributed by atoms with E-state index in [2.05, 4.69) is 0 Å². The zero-order chi connectivity index (χ0) is 9.61. The predicted molar refractivity (Wildman–Crippen MR) is 42.3 cm³/mol. The van der Waals surface area contributed by atoms with Gasteiger partial charge in [0.1, 0.15) is 5.60 Å². The smallest absolute Gasteiger partial charge is 0.249 e. The first-order chi connectivity index (χ1) is 5.56. The molecule has 4 N–H and O–H groups in total. The van der Waals surface area contributed by atoms with Gasteiger partial charge in [0, 0.05) is 13.0 Å². The highest BCUT2D eigenvalue weighted by Gasteiger charge is 2.31. The molecule has 0 rings (SSSR count). The van der Waals surface area contributed by atoms with Crippen LogP contribution in [0.3, 0.4) is 0 Å². The van der Waals surface area contributed by atoms with E-state index in [0.717, 1.165) is 0 Å². The van der Waals surface area contributed by atoms with Crippen molar-refractivity contribution in [2.24, 2.45) is 5.73 Å². The Balaban J connectivity index is 4.08. The molecule has 12 heavy (non-hydrogen) atoms. The van der Waals surface area contributed by atoms with Crippen molar-refractivity contribution in [2.45, 2.75) is 18.9 Å². The fraction of sp³-hybridized carbons (Fsp3) is 0.857. The van der Waals surface area contributed by atoms with Gasteiger partial charge in [-0.05, 0) is 6.92 Å². The number of ether oxygens (including phenoxy) is 1. The van der Waals surface area contributed by atoms with Crippen LogP contribution in [0.5, 0.6) is 0 Å². The molecule has 5 heteroatoms. The summed E-state index contributed by atoms with van der Waals surface area (Å²) in [6.45, 7) is 1.18. The second-order valence-electron chi connectivity index (χ2n) is 2.64. The first-order valence-electron chi connectivity index (χ1n) is 3.72. The van der Waals surface area contributed by atoms with E-state index in [9.17, 15) is 4.79 Å². The Bertz CT molecular complexity index is 150. The van der Waals surface area contributed by atoms with Gasteiger partial charge in [-0.3, -0.25) is 4.79 Å². The topological polar surface area (TPSA) is 92.8 Å². The van der Waals surface area contributed by atoms with E-state index in [4.69, 9.17) is 20.7 Å². The molecule has 0 fully saturated rings. The molecule has 0 aromatic rings. The molecule has 1 atom stereocenters. The summed E-state index contributed by atoms with van der Waals surface area (Å²) in [5.74, 6) is -0.634. The lowest BCUT2D eigenvalue weighted by Gasteiger charge is -2.24. The first kappa shape index (κ1) is 11.4. The molecule has 0 aromatic carbocycles. The van der Waals surface area contributed by atoms with Gasteiger partial charge in [0.2, 0.25) is 5.91 Å². The van der Waals surface area contributed by atoms with Crippen LogP contribution in [0, 0.1) is 0 Å². The number of amides is 1. The van der Waals surface area contributed by atoms with Gasteiger partial charge >= 0.3 is 0 Å². The lowest BCUT2D eigenvalue weighted by molar-refractivity contribution is -0.144. The van der Waals surface area contributed by atoms with Crippen LogP contribution in [-0.4, -0.2) is 41.5 Å². The van der Waals surface area contributed by atoms with E-state index in [-0.39, 0.29) is 26.2 Å². The maximum Gasteiger partial charge on any atom is 0.249 e. The van der Waals surface area contributed by atoms with Gasteiger partial charge in [0.25, 0.3) is 0 Å². The summed E-state index contributed by atoms with van der Waals surface area (Å²) in [5.41, 5.74) is 3.87. The highest BCUT2D eigenvalue weighted by molar-refractivity contribution is 5.82. The third-order valence-corrected chi connectivity index (χ3v) is 1.62. The second kappa shape index (κ2) is 5.08. The zero-order valence-electron chi connectivity index (χ0n) is 7.12. The lowest BCUT2D eigenvalue weighted by atomic mass is 10.0. The average Bonchev–Trinajstić information content (AvgIpc) is 2.01. The van der Waals surface area contributed by atoms with Crippen molar-refractivity contribution in [1.29, 1.82) is 0 Å². The SMILES string of the molecule is CC(CCO)(OCCO)C(N)=O. The highest BCUT2D eigenvalue weighted by atomic mass is 16.5.